The van der Waals surface area contributed by atoms with Gasteiger partial charge >= 0.3 is 0 Å². The van der Waals surface area contributed by atoms with Crippen LogP contribution in [0.5, 0.6) is 0 Å². The molecule has 0 bridgehead atoms. The van der Waals surface area contributed by atoms with Crippen LogP contribution in [0.15, 0.2) is 176 Å². The van der Waals surface area contributed by atoms with Gasteiger partial charge in [-0.15, -0.1) is 22.7 Å². The molecule has 7 aromatic carbocycles. The average molecular weight is 736 g/mol. The summed E-state index contributed by atoms with van der Waals surface area (Å²) in [6.45, 7) is 0. The molecule has 0 radical (unpaired) electrons. The zero-order chi connectivity index (χ0) is 36.0. The van der Waals surface area contributed by atoms with E-state index in [0.29, 0.717) is 0 Å². The van der Waals surface area contributed by atoms with E-state index >= 15 is 0 Å². The molecule has 0 aliphatic carbocycles. The van der Waals surface area contributed by atoms with Crippen molar-refractivity contribution < 1.29 is 0 Å². The molecule has 55 heavy (non-hydrogen) atoms. The smallest absolute Gasteiger partial charge is 0.160 e. The number of aromatic nitrogens is 3. The topological polar surface area (TPSA) is 30.2 Å². The molecule has 0 amide bonds. The van der Waals surface area contributed by atoms with Crippen molar-refractivity contribution in [3.8, 4) is 44.9 Å². The molecular formula is C50H29N3S2. The van der Waals surface area contributed by atoms with Crippen molar-refractivity contribution in [2.45, 2.75) is 0 Å². The van der Waals surface area contributed by atoms with Gasteiger partial charge < -0.3 is 0 Å². The number of thiophene rings is 2. The van der Waals surface area contributed by atoms with E-state index in [4.69, 9.17) is 9.97 Å². The molecule has 0 saturated heterocycles. The first kappa shape index (κ1) is 30.8. The minimum atomic E-state index is 0.737. The van der Waals surface area contributed by atoms with Gasteiger partial charge in [0.05, 0.1) is 26.9 Å². The molecule has 5 heteroatoms. The largest absolute Gasteiger partial charge is 0.299 e. The second-order valence-electron chi connectivity index (χ2n) is 14.1. The van der Waals surface area contributed by atoms with E-state index < -0.39 is 0 Å². The molecule has 5 aromatic heterocycles. The van der Waals surface area contributed by atoms with E-state index in [1.807, 2.05) is 11.3 Å². The third-order valence-electron chi connectivity index (χ3n) is 11.0. The van der Waals surface area contributed by atoms with Gasteiger partial charge in [0.15, 0.2) is 5.82 Å². The van der Waals surface area contributed by atoms with E-state index in [1.54, 1.807) is 11.3 Å². The van der Waals surface area contributed by atoms with Crippen LogP contribution in [0, 0.1) is 0 Å². The molecule has 0 aliphatic rings. The van der Waals surface area contributed by atoms with Gasteiger partial charge in [-0.25, -0.2) is 9.97 Å². The molecule has 12 aromatic rings. The van der Waals surface area contributed by atoms with E-state index in [9.17, 15) is 0 Å². The van der Waals surface area contributed by atoms with Crippen molar-refractivity contribution in [3.63, 3.8) is 0 Å². The van der Waals surface area contributed by atoms with E-state index in [2.05, 4.69) is 180 Å². The van der Waals surface area contributed by atoms with Crippen molar-refractivity contribution in [1.29, 1.82) is 0 Å². The Morgan fingerprint density at radius 2 is 1.04 bits per heavy atom. The van der Waals surface area contributed by atoms with Crippen LogP contribution in [-0.2, 0) is 0 Å². The van der Waals surface area contributed by atoms with Crippen LogP contribution in [0.25, 0.3) is 113 Å². The Hall–Kier alpha value is -6.66. The minimum Gasteiger partial charge on any atom is -0.299 e. The maximum Gasteiger partial charge on any atom is 0.160 e. The van der Waals surface area contributed by atoms with Crippen molar-refractivity contribution in [2.75, 3.05) is 0 Å². The first-order valence-electron chi connectivity index (χ1n) is 18.5. The highest BCUT2D eigenvalue weighted by atomic mass is 32.1. The number of rotatable bonds is 4. The quantitative estimate of drug-likeness (QED) is 0.180. The van der Waals surface area contributed by atoms with Gasteiger partial charge in [-0.2, -0.15) is 0 Å². The van der Waals surface area contributed by atoms with Crippen LogP contribution in [0.2, 0.25) is 0 Å². The van der Waals surface area contributed by atoms with Crippen LogP contribution in [0.4, 0.5) is 0 Å². The summed E-state index contributed by atoms with van der Waals surface area (Å²) in [6.07, 6.45) is 0. The van der Waals surface area contributed by atoms with E-state index in [1.165, 1.54) is 74.3 Å². The van der Waals surface area contributed by atoms with Gasteiger partial charge in [0.25, 0.3) is 0 Å². The van der Waals surface area contributed by atoms with Crippen molar-refractivity contribution in [1.82, 2.24) is 14.4 Å². The maximum atomic E-state index is 5.22. The van der Waals surface area contributed by atoms with Crippen LogP contribution < -0.4 is 0 Å². The van der Waals surface area contributed by atoms with Gasteiger partial charge in [0.2, 0.25) is 0 Å². The molecule has 256 valence electrons. The van der Waals surface area contributed by atoms with Crippen LogP contribution in [0.3, 0.4) is 0 Å². The second-order valence-corrected chi connectivity index (χ2v) is 16.2. The van der Waals surface area contributed by atoms with E-state index in [0.717, 1.165) is 38.4 Å². The number of fused-ring (bicyclic) bond motifs is 13. The Morgan fingerprint density at radius 1 is 0.418 bits per heavy atom. The first-order chi connectivity index (χ1) is 27.3. The lowest BCUT2D eigenvalue weighted by molar-refractivity contribution is 1.24. The summed E-state index contributed by atoms with van der Waals surface area (Å²) in [5.74, 6) is 0.737. The third-order valence-corrected chi connectivity index (χ3v) is 13.3. The van der Waals surface area contributed by atoms with Gasteiger partial charge in [-0.05, 0) is 46.3 Å². The van der Waals surface area contributed by atoms with Gasteiger partial charge in [-0.3, -0.25) is 4.40 Å². The maximum absolute atomic E-state index is 5.22. The molecule has 0 saturated carbocycles. The monoisotopic (exact) mass is 735 g/mol. The third kappa shape index (κ3) is 4.61. The summed E-state index contributed by atoms with van der Waals surface area (Å²) in [5, 5.41) is 7.57. The Kier molecular flexibility index (Phi) is 6.67. The summed E-state index contributed by atoms with van der Waals surface area (Å²) < 4.78 is 6.17. The van der Waals surface area contributed by atoms with E-state index in [-0.39, 0.29) is 0 Å². The number of nitrogens with zero attached hydrogens (tertiary/aromatic N) is 3. The number of pyridine rings is 1. The zero-order valence-electron chi connectivity index (χ0n) is 29.4. The summed E-state index contributed by atoms with van der Waals surface area (Å²) in [6, 6.07) is 63.4. The minimum absolute atomic E-state index is 0.737. The van der Waals surface area contributed by atoms with Crippen molar-refractivity contribution in [3.05, 3.63) is 176 Å². The van der Waals surface area contributed by atoms with Crippen LogP contribution >= 0.6 is 22.7 Å². The molecule has 3 nitrogen and oxygen atoms in total. The molecule has 5 heterocycles. The summed E-state index contributed by atoms with van der Waals surface area (Å²) >= 11 is 3.65. The highest BCUT2D eigenvalue weighted by molar-refractivity contribution is 7.26. The number of para-hydroxylation sites is 1. The second kappa shape index (κ2) is 11.9. The molecule has 0 aliphatic heterocycles. The molecule has 0 fully saturated rings. The van der Waals surface area contributed by atoms with Crippen molar-refractivity contribution in [2.24, 2.45) is 0 Å². The highest BCUT2D eigenvalue weighted by Gasteiger charge is 2.22. The SMILES string of the molecule is c1ccc(-c2nc(-c3ccc(-c4ccc5c(c4)c4c(-c6ccccc6)c6ccccc6n4c4sc6ccccc6c54)cc3)nc3c2sc2ccccc23)cc1. The van der Waals surface area contributed by atoms with Gasteiger partial charge in [0.1, 0.15) is 4.83 Å². The van der Waals surface area contributed by atoms with Gasteiger partial charge in [-0.1, -0.05) is 152 Å². The summed E-state index contributed by atoms with van der Waals surface area (Å²) in [4.78, 5) is 11.7. The Morgan fingerprint density at radius 3 is 1.82 bits per heavy atom. The lowest BCUT2D eigenvalue weighted by atomic mass is 9.95. The number of hydrogen-bond acceptors (Lipinski definition) is 4. The standard InChI is InChI=1S/C50H29N3S2/c1-3-13-31(14-4-1)43-36-17-7-10-20-40(36)53-47(43)39-29-34(27-28-35(39)44-37-18-8-11-21-41(37)55-50(44)53)30-23-25-33(26-24-30)49-51-45(32-15-5-2-6-16-32)48-46(52-49)38-19-9-12-22-42(38)54-48/h1-29H. The predicted octanol–water partition coefficient (Wildman–Crippen LogP) is 14.4. The van der Waals surface area contributed by atoms with Crippen molar-refractivity contribution >= 4 is 90.5 Å². The molecular weight excluding hydrogens is 707 g/mol. The Bertz CT molecular complexity index is 3470. The predicted molar refractivity (Wildman–Crippen MR) is 236 cm³/mol. The Balaban J connectivity index is 1.08. The number of benzene rings is 7. The molecule has 0 unspecified atom stereocenters. The summed E-state index contributed by atoms with van der Waals surface area (Å²) in [7, 11) is 0. The molecule has 0 atom stereocenters. The molecule has 0 N–H and O–H groups in total. The summed E-state index contributed by atoms with van der Waals surface area (Å²) in [5.41, 5.74) is 11.4. The van der Waals surface area contributed by atoms with Gasteiger partial charge in [0, 0.05) is 53.0 Å². The fourth-order valence-electron chi connectivity index (χ4n) is 8.51. The average Bonchev–Trinajstić information content (AvgIpc) is 3.94. The lowest BCUT2D eigenvalue weighted by Gasteiger charge is -2.12. The van der Waals surface area contributed by atoms with Crippen LogP contribution in [0.1, 0.15) is 0 Å². The first-order valence-corrected chi connectivity index (χ1v) is 20.1. The fraction of sp³-hybridized carbons (Fsp3) is 0. The lowest BCUT2D eigenvalue weighted by Crippen LogP contribution is -1.93. The molecule has 0 spiro atoms. The molecule has 12 rings (SSSR count). The zero-order valence-corrected chi connectivity index (χ0v) is 31.0. The van der Waals surface area contributed by atoms with Crippen LogP contribution in [-0.4, -0.2) is 14.4 Å². The fourth-order valence-corrected chi connectivity index (χ4v) is 10.9. The normalized spacial score (nSPS) is 12.0. The number of hydrogen-bond donors (Lipinski definition) is 0. The Labute approximate surface area is 324 Å². The highest BCUT2D eigenvalue weighted by Crippen LogP contribution is 2.47.